The molecule has 156 valence electrons. The first kappa shape index (κ1) is 20.1. The highest BCUT2D eigenvalue weighted by molar-refractivity contribution is 6.10. The first-order valence-corrected chi connectivity index (χ1v) is 10.3. The molecule has 1 atom stereocenters. The van der Waals surface area contributed by atoms with Gasteiger partial charge in [0.1, 0.15) is 17.3 Å². The number of carbonyl (C=O) groups is 1. The van der Waals surface area contributed by atoms with E-state index in [9.17, 15) is 4.79 Å². The number of hydrogen-bond acceptors (Lipinski definition) is 4. The molecule has 0 aromatic heterocycles. The maximum atomic E-state index is 15.4. The van der Waals surface area contributed by atoms with Crippen molar-refractivity contribution >= 4 is 23.4 Å². The minimum Gasteiger partial charge on any atom is -0.456 e. The number of hydrogen-bond donors (Lipinski definition) is 2. The van der Waals surface area contributed by atoms with Crippen LogP contribution in [-0.4, -0.2) is 24.2 Å². The van der Waals surface area contributed by atoms with Crippen LogP contribution in [-0.2, 0) is 11.2 Å². The van der Waals surface area contributed by atoms with Crippen LogP contribution in [0.2, 0.25) is 0 Å². The van der Waals surface area contributed by atoms with Crippen molar-refractivity contribution in [3.8, 4) is 11.5 Å². The molecule has 2 aromatic rings. The van der Waals surface area contributed by atoms with Crippen LogP contribution in [0.15, 0.2) is 42.6 Å². The second-order valence-electron chi connectivity index (χ2n) is 7.94. The molecular weight excluding hydrogens is 381 g/mol. The Bertz CT molecular complexity index is 999. The molecule has 2 N–H and O–H groups in total. The van der Waals surface area contributed by atoms with Crippen LogP contribution in [0.4, 0.5) is 10.1 Å². The Morgan fingerprint density at radius 2 is 2.00 bits per heavy atom. The molecule has 5 nitrogen and oxygen atoms in total. The van der Waals surface area contributed by atoms with Gasteiger partial charge in [-0.1, -0.05) is 18.2 Å². The zero-order chi connectivity index (χ0) is 21.3. The fourth-order valence-electron chi connectivity index (χ4n) is 3.93. The number of amides is 1. The number of halogens is 1. The highest BCUT2D eigenvalue weighted by Crippen LogP contribution is 2.44. The van der Waals surface area contributed by atoms with Gasteiger partial charge in [-0.2, -0.15) is 0 Å². The molecule has 1 fully saturated rings. The number of anilines is 1. The second-order valence-corrected chi connectivity index (χ2v) is 7.94. The van der Waals surface area contributed by atoms with Crippen molar-refractivity contribution in [1.29, 1.82) is 5.41 Å². The summed E-state index contributed by atoms with van der Waals surface area (Å²) in [4.78, 5) is 13.8. The van der Waals surface area contributed by atoms with Crippen LogP contribution in [0.5, 0.6) is 11.5 Å². The van der Waals surface area contributed by atoms with E-state index in [2.05, 4.69) is 5.32 Å². The number of para-hydroxylation sites is 1. The van der Waals surface area contributed by atoms with Crippen molar-refractivity contribution in [1.82, 2.24) is 5.32 Å². The summed E-state index contributed by atoms with van der Waals surface area (Å²) >= 11 is 0. The van der Waals surface area contributed by atoms with E-state index < -0.39 is 5.82 Å². The molecule has 4 rings (SSSR count). The molecule has 1 saturated carbocycles. The molecule has 0 saturated heterocycles. The summed E-state index contributed by atoms with van der Waals surface area (Å²) in [6, 6.07) is 11.0. The van der Waals surface area contributed by atoms with Crippen molar-refractivity contribution in [3.05, 3.63) is 59.5 Å². The molecule has 1 heterocycles. The van der Waals surface area contributed by atoms with Crippen LogP contribution >= 0.6 is 0 Å². The number of rotatable bonds is 6. The van der Waals surface area contributed by atoms with Crippen LogP contribution in [0, 0.1) is 11.2 Å². The van der Waals surface area contributed by atoms with Crippen molar-refractivity contribution in [3.63, 3.8) is 0 Å². The minimum absolute atomic E-state index is 0.0887. The van der Waals surface area contributed by atoms with Gasteiger partial charge in [-0.05, 0) is 50.8 Å². The smallest absolute Gasteiger partial charge is 0.224 e. The van der Waals surface area contributed by atoms with Crippen molar-refractivity contribution in [2.75, 3.05) is 4.90 Å². The Kier molecular flexibility index (Phi) is 5.57. The number of allylic oxidation sites excluding steroid dienone is 1. The molecular formula is C24H26FN3O2. The fraction of sp³-hybridized carbons (Fsp3) is 0.333. The summed E-state index contributed by atoms with van der Waals surface area (Å²) in [6.07, 6.45) is 6.47. The molecule has 0 radical (unpaired) electrons. The molecule has 1 unspecified atom stereocenters. The third kappa shape index (κ3) is 3.95. The Labute approximate surface area is 176 Å². The van der Waals surface area contributed by atoms with Gasteiger partial charge in [0.25, 0.3) is 0 Å². The summed E-state index contributed by atoms with van der Waals surface area (Å²) in [6.45, 7) is 3.39. The molecule has 1 aliphatic carbocycles. The molecule has 30 heavy (non-hydrogen) atoms. The average molecular weight is 407 g/mol. The fourth-order valence-corrected chi connectivity index (χ4v) is 3.93. The first-order chi connectivity index (χ1) is 14.5. The monoisotopic (exact) mass is 407 g/mol. The van der Waals surface area contributed by atoms with Gasteiger partial charge in [-0.15, -0.1) is 0 Å². The van der Waals surface area contributed by atoms with Gasteiger partial charge >= 0.3 is 0 Å². The zero-order valence-electron chi connectivity index (χ0n) is 17.2. The lowest BCUT2D eigenvalue weighted by molar-refractivity contribution is -0.117. The van der Waals surface area contributed by atoms with Gasteiger partial charge in [0.05, 0.1) is 5.69 Å². The largest absolute Gasteiger partial charge is 0.456 e. The molecule has 1 amide bonds. The maximum Gasteiger partial charge on any atom is 0.224 e. The molecule has 0 spiro atoms. The quantitative estimate of drug-likeness (QED) is 0.659. The SMILES string of the molecule is CC(=O)N1c2c(F)cc(/C(C=N)=C/NC3CC3)c(Oc3ccccc3)c2CCC1C. The Balaban J connectivity index is 1.89. The van der Waals surface area contributed by atoms with Crippen molar-refractivity contribution in [2.45, 2.75) is 51.6 Å². The third-order valence-corrected chi connectivity index (χ3v) is 5.62. The molecule has 2 aliphatic rings. The van der Waals surface area contributed by atoms with E-state index >= 15 is 4.39 Å². The number of fused-ring (bicyclic) bond motifs is 1. The van der Waals surface area contributed by atoms with E-state index in [-0.39, 0.29) is 17.6 Å². The van der Waals surface area contributed by atoms with Gasteiger partial charge in [-0.25, -0.2) is 4.39 Å². The predicted molar refractivity (Wildman–Crippen MR) is 117 cm³/mol. The zero-order valence-corrected chi connectivity index (χ0v) is 17.2. The molecule has 2 aromatic carbocycles. The summed E-state index contributed by atoms with van der Waals surface area (Å²) in [5, 5.41) is 11.2. The molecule has 0 bridgehead atoms. The lowest BCUT2D eigenvalue weighted by atomic mass is 9.91. The van der Waals surface area contributed by atoms with Crippen LogP contribution in [0.25, 0.3) is 5.57 Å². The Hall–Kier alpha value is -3.15. The van der Waals surface area contributed by atoms with E-state index in [4.69, 9.17) is 10.1 Å². The molecule has 6 heteroatoms. The van der Waals surface area contributed by atoms with Crippen molar-refractivity contribution in [2.24, 2.45) is 0 Å². The Morgan fingerprint density at radius 1 is 1.27 bits per heavy atom. The summed E-state index contributed by atoms with van der Waals surface area (Å²) < 4.78 is 21.6. The third-order valence-electron chi connectivity index (χ3n) is 5.62. The minimum atomic E-state index is -0.471. The van der Waals surface area contributed by atoms with Crippen LogP contribution < -0.4 is 15.0 Å². The number of benzene rings is 2. The summed E-state index contributed by atoms with van der Waals surface area (Å²) in [5.74, 6) is 0.462. The number of ether oxygens (including phenoxy) is 1. The maximum absolute atomic E-state index is 15.4. The van der Waals surface area contributed by atoms with E-state index in [1.54, 1.807) is 6.20 Å². The van der Waals surface area contributed by atoms with E-state index in [0.29, 0.717) is 47.1 Å². The van der Waals surface area contributed by atoms with Gasteiger partial charge < -0.3 is 20.4 Å². The van der Waals surface area contributed by atoms with Gasteiger partial charge in [0.2, 0.25) is 5.91 Å². The summed E-state index contributed by atoms with van der Waals surface area (Å²) in [5.41, 5.74) is 2.01. The van der Waals surface area contributed by atoms with E-state index in [0.717, 1.165) is 12.8 Å². The molecule has 1 aliphatic heterocycles. The highest BCUT2D eigenvalue weighted by Gasteiger charge is 2.33. The first-order valence-electron chi connectivity index (χ1n) is 10.3. The van der Waals surface area contributed by atoms with Gasteiger partial charge in [0, 0.05) is 48.1 Å². The topological polar surface area (TPSA) is 65.4 Å². The number of nitrogens with zero attached hydrogens (tertiary/aromatic N) is 1. The standard InChI is InChI=1S/C24H26FN3O2/c1-15-8-11-20-23(28(15)16(2)29)22(25)12-21(17(13-26)14-27-18-9-10-18)24(20)30-19-6-4-3-5-7-19/h3-7,12-15,18,26-27H,8-11H2,1-2H3/b17-14+,26-13?. The van der Waals surface area contributed by atoms with Gasteiger partial charge in [0.15, 0.2) is 0 Å². The normalized spacial score (nSPS) is 18.6. The predicted octanol–water partition coefficient (Wildman–Crippen LogP) is 5.05. The van der Waals surface area contributed by atoms with E-state index in [1.807, 2.05) is 37.3 Å². The highest BCUT2D eigenvalue weighted by atomic mass is 19.1. The lowest BCUT2D eigenvalue weighted by Gasteiger charge is -2.36. The lowest BCUT2D eigenvalue weighted by Crippen LogP contribution is -2.41. The van der Waals surface area contributed by atoms with Crippen molar-refractivity contribution < 1.29 is 13.9 Å². The van der Waals surface area contributed by atoms with E-state index in [1.165, 1.54) is 24.1 Å². The summed E-state index contributed by atoms with van der Waals surface area (Å²) in [7, 11) is 0. The second kappa shape index (κ2) is 8.30. The van der Waals surface area contributed by atoms with Crippen LogP contribution in [0.3, 0.4) is 0 Å². The Morgan fingerprint density at radius 3 is 2.63 bits per heavy atom. The average Bonchev–Trinajstić information content (AvgIpc) is 3.56. The number of carbonyl (C=O) groups excluding carboxylic acids is 1. The van der Waals surface area contributed by atoms with Gasteiger partial charge in [-0.3, -0.25) is 4.79 Å². The van der Waals surface area contributed by atoms with Crippen LogP contribution in [0.1, 0.15) is 44.2 Å². The number of nitrogens with one attached hydrogen (secondary N) is 2.